The molecule has 3 N–H and O–H groups in total. The van der Waals surface area contributed by atoms with E-state index in [0.29, 0.717) is 45.2 Å². The van der Waals surface area contributed by atoms with Crippen LogP contribution in [0.4, 0.5) is 8.78 Å². The van der Waals surface area contributed by atoms with Crippen molar-refractivity contribution in [3.8, 4) is 0 Å². The van der Waals surface area contributed by atoms with Crippen LogP contribution in [0.2, 0.25) is 6.32 Å². The van der Waals surface area contributed by atoms with Crippen LogP contribution in [0.3, 0.4) is 0 Å². The van der Waals surface area contributed by atoms with Gasteiger partial charge >= 0.3 is 13.1 Å². The van der Waals surface area contributed by atoms with Gasteiger partial charge in [-0.2, -0.15) is 0 Å². The summed E-state index contributed by atoms with van der Waals surface area (Å²) in [6.45, 7) is 2.97. The molecule has 1 aliphatic heterocycles. The Balaban J connectivity index is 1.91. The number of benzene rings is 1. The maximum absolute atomic E-state index is 14.0. The molecule has 1 fully saturated rings. The van der Waals surface area contributed by atoms with Crippen molar-refractivity contribution in [1.29, 1.82) is 0 Å². The van der Waals surface area contributed by atoms with Gasteiger partial charge in [-0.25, -0.2) is 8.78 Å². The lowest BCUT2D eigenvalue weighted by molar-refractivity contribution is -0.144. The molecule has 0 amide bonds. The molecule has 0 radical (unpaired) electrons. The molecular formula is C19H28BF2NO4. The summed E-state index contributed by atoms with van der Waals surface area (Å²) >= 11 is 0. The highest BCUT2D eigenvalue weighted by Gasteiger charge is 2.33. The fourth-order valence-electron chi connectivity index (χ4n) is 4.05. The van der Waals surface area contributed by atoms with Gasteiger partial charge in [-0.1, -0.05) is 18.9 Å². The molecule has 5 nitrogen and oxygen atoms in total. The Morgan fingerprint density at radius 2 is 1.81 bits per heavy atom. The summed E-state index contributed by atoms with van der Waals surface area (Å²) in [6, 6.07) is 3.46. The molecule has 2 atom stereocenters. The molecule has 2 rings (SSSR count). The second-order valence-corrected chi connectivity index (χ2v) is 7.39. The van der Waals surface area contributed by atoms with Crippen LogP contribution in [0.15, 0.2) is 18.2 Å². The minimum absolute atomic E-state index is 0.0236. The van der Waals surface area contributed by atoms with Crippen molar-refractivity contribution in [2.24, 2.45) is 11.8 Å². The zero-order valence-corrected chi connectivity index (χ0v) is 15.7. The lowest BCUT2D eigenvalue weighted by atomic mass is 9.78. The molecule has 1 aliphatic rings. The number of halogens is 2. The van der Waals surface area contributed by atoms with E-state index >= 15 is 0 Å². The fourth-order valence-corrected chi connectivity index (χ4v) is 4.05. The predicted molar refractivity (Wildman–Crippen MR) is 99.0 cm³/mol. The molecule has 0 aliphatic carbocycles. The van der Waals surface area contributed by atoms with Gasteiger partial charge in [0.15, 0.2) is 0 Å². The quantitative estimate of drug-likeness (QED) is 0.451. The van der Waals surface area contributed by atoms with Gasteiger partial charge in [0.25, 0.3) is 0 Å². The number of hydrogen-bond acceptors (Lipinski definition) is 4. The lowest BCUT2D eigenvalue weighted by Gasteiger charge is -2.38. The SMILES string of the molecule is CC(c1c(F)cccc1F)N1CCC(C(CCCCB(O)O)C(=O)O)CC1. The molecule has 27 heavy (non-hydrogen) atoms. The van der Waals surface area contributed by atoms with E-state index in [1.165, 1.54) is 18.2 Å². The zero-order chi connectivity index (χ0) is 20.0. The van der Waals surface area contributed by atoms with Gasteiger partial charge in [0.1, 0.15) is 11.6 Å². The van der Waals surface area contributed by atoms with Crippen molar-refractivity contribution in [2.75, 3.05) is 13.1 Å². The van der Waals surface area contributed by atoms with Crippen LogP contribution in [-0.4, -0.2) is 46.2 Å². The van der Waals surface area contributed by atoms with Crippen molar-refractivity contribution in [2.45, 2.75) is 51.4 Å². The van der Waals surface area contributed by atoms with E-state index in [1.54, 1.807) is 6.92 Å². The van der Waals surface area contributed by atoms with Gasteiger partial charge in [-0.15, -0.1) is 0 Å². The van der Waals surface area contributed by atoms with E-state index in [0.717, 1.165) is 0 Å². The summed E-state index contributed by atoms with van der Waals surface area (Å²) in [6.07, 6.45) is 3.29. The summed E-state index contributed by atoms with van der Waals surface area (Å²) < 4.78 is 28.0. The average Bonchev–Trinajstić information content (AvgIpc) is 2.61. The number of likely N-dealkylation sites (tertiary alicyclic amines) is 1. The highest BCUT2D eigenvalue weighted by molar-refractivity contribution is 6.40. The lowest BCUT2D eigenvalue weighted by Crippen LogP contribution is -2.39. The number of piperidine rings is 1. The fraction of sp³-hybridized carbons (Fsp3) is 0.632. The van der Waals surface area contributed by atoms with Crippen LogP contribution < -0.4 is 0 Å². The van der Waals surface area contributed by atoms with Crippen LogP contribution >= 0.6 is 0 Å². The number of hydrogen-bond donors (Lipinski definition) is 3. The Hall–Kier alpha value is -1.51. The van der Waals surface area contributed by atoms with Crippen LogP contribution in [0.5, 0.6) is 0 Å². The standard InChI is InChI=1S/C19H28BF2NO4/c1-13(18-16(21)6-4-7-17(18)22)23-11-8-14(9-12-23)15(19(24)25)5-2-3-10-20(26)27/h4,6-7,13-15,26-27H,2-3,5,8-12H2,1H3,(H,24,25). The van der Waals surface area contributed by atoms with Crippen LogP contribution in [0, 0.1) is 23.5 Å². The maximum Gasteiger partial charge on any atom is 0.451 e. The minimum Gasteiger partial charge on any atom is -0.481 e. The molecule has 2 unspecified atom stereocenters. The first-order valence-corrected chi connectivity index (χ1v) is 9.58. The molecule has 0 bridgehead atoms. The van der Waals surface area contributed by atoms with Crippen molar-refractivity contribution in [3.05, 3.63) is 35.4 Å². The topological polar surface area (TPSA) is 81.0 Å². The third-order valence-corrected chi connectivity index (χ3v) is 5.65. The van der Waals surface area contributed by atoms with E-state index in [4.69, 9.17) is 10.0 Å². The summed E-state index contributed by atoms with van der Waals surface area (Å²) in [7, 11) is -1.35. The van der Waals surface area contributed by atoms with Crippen LogP contribution in [0.25, 0.3) is 0 Å². The molecule has 1 saturated heterocycles. The first-order valence-electron chi connectivity index (χ1n) is 9.58. The molecule has 150 valence electrons. The summed E-state index contributed by atoms with van der Waals surface area (Å²) in [5.74, 6) is -2.39. The molecular weight excluding hydrogens is 355 g/mol. The van der Waals surface area contributed by atoms with Crippen molar-refractivity contribution >= 4 is 13.1 Å². The van der Waals surface area contributed by atoms with Crippen LogP contribution in [-0.2, 0) is 4.79 Å². The Bertz CT molecular complexity index is 603. The van der Waals surface area contributed by atoms with Gasteiger partial charge in [-0.3, -0.25) is 9.69 Å². The van der Waals surface area contributed by atoms with E-state index in [1.807, 2.05) is 4.90 Å². The largest absolute Gasteiger partial charge is 0.481 e. The van der Waals surface area contributed by atoms with E-state index in [2.05, 4.69) is 0 Å². The zero-order valence-electron chi connectivity index (χ0n) is 15.7. The van der Waals surface area contributed by atoms with Gasteiger partial charge in [0.05, 0.1) is 5.92 Å². The number of nitrogens with zero attached hydrogens (tertiary/aromatic N) is 1. The first-order chi connectivity index (χ1) is 12.8. The molecule has 1 aromatic carbocycles. The third kappa shape index (κ3) is 5.99. The molecule has 0 aromatic heterocycles. The van der Waals surface area contributed by atoms with Gasteiger partial charge in [-0.05, 0) is 63.6 Å². The highest BCUT2D eigenvalue weighted by Crippen LogP contribution is 2.34. The first kappa shape index (κ1) is 21.8. The molecule has 8 heteroatoms. The van der Waals surface area contributed by atoms with Crippen molar-refractivity contribution in [1.82, 2.24) is 4.90 Å². The Kier molecular flexibility index (Phi) is 8.19. The predicted octanol–water partition coefficient (Wildman–Crippen LogP) is 3.08. The van der Waals surface area contributed by atoms with E-state index < -0.39 is 36.7 Å². The number of carbonyl (C=O) groups is 1. The number of carboxylic acids is 1. The smallest absolute Gasteiger partial charge is 0.451 e. The van der Waals surface area contributed by atoms with Crippen molar-refractivity contribution < 1.29 is 28.7 Å². The maximum atomic E-state index is 14.0. The van der Waals surface area contributed by atoms with Crippen molar-refractivity contribution in [3.63, 3.8) is 0 Å². The monoisotopic (exact) mass is 383 g/mol. The van der Waals surface area contributed by atoms with Crippen LogP contribution in [0.1, 0.15) is 50.6 Å². The molecule has 0 saturated carbocycles. The second-order valence-electron chi connectivity index (χ2n) is 7.39. The Morgan fingerprint density at radius 1 is 1.22 bits per heavy atom. The number of unbranched alkanes of at least 4 members (excludes halogenated alkanes) is 1. The third-order valence-electron chi connectivity index (χ3n) is 5.65. The van der Waals surface area contributed by atoms with Gasteiger partial charge in [0, 0.05) is 11.6 Å². The number of rotatable bonds is 9. The molecule has 1 heterocycles. The average molecular weight is 383 g/mol. The number of aliphatic carboxylic acids is 1. The normalized spacial score (nSPS) is 18.3. The Morgan fingerprint density at radius 3 is 2.33 bits per heavy atom. The summed E-state index contributed by atoms with van der Waals surface area (Å²) in [5, 5.41) is 27.3. The minimum atomic E-state index is -1.35. The second kappa shape index (κ2) is 10.2. The Labute approximate surface area is 159 Å². The summed E-state index contributed by atoms with van der Waals surface area (Å²) in [4.78, 5) is 13.6. The molecule has 0 spiro atoms. The highest BCUT2D eigenvalue weighted by atomic mass is 19.1. The summed E-state index contributed by atoms with van der Waals surface area (Å²) in [5.41, 5.74) is 0.0632. The number of carboxylic acid groups (broad SMARTS) is 1. The van der Waals surface area contributed by atoms with Gasteiger partial charge < -0.3 is 15.2 Å². The van der Waals surface area contributed by atoms with Gasteiger partial charge in [0.2, 0.25) is 0 Å². The molecule has 1 aromatic rings. The van der Waals surface area contributed by atoms with E-state index in [9.17, 15) is 18.7 Å². The van der Waals surface area contributed by atoms with E-state index in [-0.39, 0.29) is 17.8 Å².